The Morgan fingerprint density at radius 3 is 2.65 bits per heavy atom. The van der Waals surface area contributed by atoms with E-state index < -0.39 is 11.4 Å². The molecule has 0 aromatic carbocycles. The fourth-order valence-corrected chi connectivity index (χ4v) is 2.01. The van der Waals surface area contributed by atoms with Crippen LogP contribution in [0.3, 0.4) is 0 Å². The Morgan fingerprint density at radius 1 is 1.45 bits per heavy atom. The molecule has 3 N–H and O–H groups in total. The van der Waals surface area contributed by atoms with Crippen LogP contribution in [-0.2, 0) is 17.9 Å². The number of aliphatic hydroxyl groups excluding tert-OH is 1. The summed E-state index contributed by atoms with van der Waals surface area (Å²) in [5.74, 6) is -1.26. The van der Waals surface area contributed by atoms with Crippen molar-refractivity contribution in [2.45, 2.75) is 26.4 Å². The van der Waals surface area contributed by atoms with E-state index in [9.17, 15) is 14.7 Å². The molecule has 0 atom stereocenters. The van der Waals surface area contributed by atoms with Gasteiger partial charge in [-0.25, -0.2) is 0 Å². The molecular formula is C13H20N2O5. The van der Waals surface area contributed by atoms with Gasteiger partial charge in [-0.1, -0.05) is 0 Å². The van der Waals surface area contributed by atoms with Crippen LogP contribution in [0.25, 0.3) is 0 Å². The highest BCUT2D eigenvalue weighted by atomic mass is 16.4. The van der Waals surface area contributed by atoms with Gasteiger partial charge in [0.25, 0.3) is 0 Å². The summed E-state index contributed by atoms with van der Waals surface area (Å²) in [4.78, 5) is 23.9. The molecule has 0 saturated carbocycles. The second kappa shape index (κ2) is 7.06. The first-order valence-corrected chi connectivity index (χ1v) is 6.30. The molecule has 0 amide bonds. The Labute approximate surface area is 116 Å². The van der Waals surface area contributed by atoms with E-state index in [0.717, 1.165) is 0 Å². The zero-order chi connectivity index (χ0) is 15.3. The van der Waals surface area contributed by atoms with Gasteiger partial charge >= 0.3 is 5.97 Å². The highest BCUT2D eigenvalue weighted by Gasteiger charge is 2.15. The van der Waals surface area contributed by atoms with Gasteiger partial charge in [0.1, 0.15) is 0 Å². The average Bonchev–Trinajstić information content (AvgIpc) is 2.37. The van der Waals surface area contributed by atoms with Crippen molar-refractivity contribution in [3.8, 4) is 5.75 Å². The van der Waals surface area contributed by atoms with Gasteiger partial charge in [-0.3, -0.25) is 14.5 Å². The van der Waals surface area contributed by atoms with E-state index in [1.165, 1.54) is 6.07 Å². The molecule has 0 aliphatic rings. The van der Waals surface area contributed by atoms with Crippen molar-refractivity contribution in [2.24, 2.45) is 0 Å². The Morgan fingerprint density at radius 2 is 2.10 bits per heavy atom. The normalized spacial score (nSPS) is 11.0. The number of pyridine rings is 1. The fourth-order valence-electron chi connectivity index (χ4n) is 2.01. The van der Waals surface area contributed by atoms with Gasteiger partial charge in [0, 0.05) is 31.4 Å². The quantitative estimate of drug-likeness (QED) is 0.638. The van der Waals surface area contributed by atoms with Gasteiger partial charge in [0.2, 0.25) is 5.43 Å². The summed E-state index contributed by atoms with van der Waals surface area (Å²) < 4.78 is 1.66. The van der Waals surface area contributed by atoms with Crippen LogP contribution in [0.2, 0.25) is 0 Å². The van der Waals surface area contributed by atoms with E-state index in [4.69, 9.17) is 10.2 Å². The van der Waals surface area contributed by atoms with Gasteiger partial charge in [-0.05, 0) is 14.0 Å². The lowest BCUT2D eigenvalue weighted by atomic mass is 10.2. The highest BCUT2D eigenvalue weighted by Crippen LogP contribution is 2.16. The smallest absolute Gasteiger partial charge is 0.304 e. The number of aromatic nitrogens is 1. The number of carbonyl (C=O) groups is 1. The third-order valence-corrected chi connectivity index (χ3v) is 3.05. The molecule has 0 bridgehead atoms. The summed E-state index contributed by atoms with van der Waals surface area (Å²) in [5.41, 5.74) is 0.554. The van der Waals surface area contributed by atoms with Gasteiger partial charge in [0.05, 0.1) is 18.7 Å². The first kappa shape index (κ1) is 16.2. The molecule has 20 heavy (non-hydrogen) atoms. The number of nitrogens with zero attached hydrogens (tertiary/aromatic N) is 2. The average molecular weight is 284 g/mol. The number of rotatable bonds is 7. The molecule has 0 radical (unpaired) electrons. The molecule has 1 rings (SSSR count). The maximum absolute atomic E-state index is 11.6. The number of aliphatic carboxylic acids is 1. The van der Waals surface area contributed by atoms with Crippen LogP contribution in [-0.4, -0.2) is 51.0 Å². The third-order valence-electron chi connectivity index (χ3n) is 3.05. The van der Waals surface area contributed by atoms with Gasteiger partial charge < -0.3 is 19.9 Å². The molecule has 7 nitrogen and oxygen atoms in total. The Bertz CT molecular complexity index is 538. The molecule has 7 heteroatoms. The number of carboxylic acids is 1. The Kier molecular flexibility index (Phi) is 5.72. The van der Waals surface area contributed by atoms with Crippen molar-refractivity contribution < 1.29 is 20.1 Å². The lowest BCUT2D eigenvalue weighted by molar-refractivity contribution is -0.137. The summed E-state index contributed by atoms with van der Waals surface area (Å²) in [6, 6.07) is 1.31. The fraction of sp³-hybridized carbons (Fsp3) is 0.538. The van der Waals surface area contributed by atoms with E-state index in [1.54, 1.807) is 23.4 Å². The van der Waals surface area contributed by atoms with E-state index in [2.05, 4.69) is 0 Å². The molecule has 0 spiro atoms. The number of carboxylic acid groups (broad SMARTS) is 1. The van der Waals surface area contributed by atoms with E-state index in [0.29, 0.717) is 17.9 Å². The molecular weight excluding hydrogens is 264 g/mol. The van der Waals surface area contributed by atoms with Gasteiger partial charge in [-0.2, -0.15) is 0 Å². The van der Waals surface area contributed by atoms with Crippen LogP contribution >= 0.6 is 0 Å². The number of aryl methyl sites for hydroxylation is 1. The van der Waals surface area contributed by atoms with Crippen LogP contribution in [0, 0.1) is 6.92 Å². The second-order valence-electron chi connectivity index (χ2n) is 4.70. The minimum atomic E-state index is -0.905. The summed E-state index contributed by atoms with van der Waals surface area (Å²) in [6.45, 7) is 2.40. The zero-order valence-electron chi connectivity index (χ0n) is 11.7. The van der Waals surface area contributed by atoms with E-state index in [1.807, 2.05) is 0 Å². The minimum absolute atomic E-state index is 0.0205. The van der Waals surface area contributed by atoms with Crippen molar-refractivity contribution in [2.75, 3.05) is 20.2 Å². The van der Waals surface area contributed by atoms with Crippen LogP contribution in [0.5, 0.6) is 5.75 Å². The van der Waals surface area contributed by atoms with Crippen molar-refractivity contribution in [1.82, 2.24) is 9.47 Å². The first-order valence-electron chi connectivity index (χ1n) is 6.30. The molecule has 0 aliphatic heterocycles. The number of hydrogen-bond acceptors (Lipinski definition) is 5. The Balaban J connectivity index is 3.02. The van der Waals surface area contributed by atoms with Crippen molar-refractivity contribution in [3.63, 3.8) is 0 Å². The molecule has 0 unspecified atom stereocenters. The van der Waals surface area contributed by atoms with Gasteiger partial charge in [0.15, 0.2) is 5.75 Å². The predicted molar refractivity (Wildman–Crippen MR) is 72.8 cm³/mol. The minimum Gasteiger partial charge on any atom is -0.503 e. The SMILES string of the molecule is Cc1cc(=O)c(O)c(CN(C)CCC(=O)O)n1CCO. The lowest BCUT2D eigenvalue weighted by Crippen LogP contribution is -2.26. The van der Waals surface area contributed by atoms with Crippen LogP contribution in [0.15, 0.2) is 10.9 Å². The predicted octanol–water partition coefficient (Wildman–Crippen LogP) is -0.239. The number of aliphatic hydroxyl groups is 1. The summed E-state index contributed by atoms with van der Waals surface area (Å²) in [7, 11) is 1.71. The molecule has 1 aromatic rings. The standard InChI is InChI=1S/C13H20N2O5/c1-9-7-11(17)13(20)10(15(9)5-6-16)8-14(2)4-3-12(18)19/h7,16,20H,3-6,8H2,1-2H3,(H,18,19). The van der Waals surface area contributed by atoms with Crippen LogP contribution in [0.1, 0.15) is 17.8 Å². The molecule has 0 saturated heterocycles. The van der Waals surface area contributed by atoms with Crippen molar-refractivity contribution in [1.29, 1.82) is 0 Å². The molecule has 1 aromatic heterocycles. The molecule has 112 valence electrons. The molecule has 0 fully saturated rings. The first-order chi connectivity index (χ1) is 9.36. The largest absolute Gasteiger partial charge is 0.503 e. The van der Waals surface area contributed by atoms with Crippen molar-refractivity contribution >= 4 is 5.97 Å². The third kappa shape index (κ3) is 4.07. The monoisotopic (exact) mass is 284 g/mol. The summed E-state index contributed by atoms with van der Waals surface area (Å²) >= 11 is 0. The van der Waals surface area contributed by atoms with Crippen LogP contribution in [0.4, 0.5) is 0 Å². The van der Waals surface area contributed by atoms with E-state index >= 15 is 0 Å². The zero-order valence-corrected chi connectivity index (χ0v) is 11.7. The topological polar surface area (TPSA) is 103 Å². The van der Waals surface area contributed by atoms with Gasteiger partial charge in [-0.15, -0.1) is 0 Å². The van der Waals surface area contributed by atoms with E-state index in [-0.39, 0.29) is 31.9 Å². The maximum Gasteiger partial charge on any atom is 0.304 e. The number of aromatic hydroxyl groups is 1. The van der Waals surface area contributed by atoms with Crippen LogP contribution < -0.4 is 5.43 Å². The lowest BCUT2D eigenvalue weighted by Gasteiger charge is -2.21. The molecule has 0 aliphatic carbocycles. The van der Waals surface area contributed by atoms with Crippen molar-refractivity contribution in [3.05, 3.63) is 27.7 Å². The Hall–Kier alpha value is -1.86. The number of hydrogen-bond donors (Lipinski definition) is 3. The molecule has 1 heterocycles. The second-order valence-corrected chi connectivity index (χ2v) is 4.70. The maximum atomic E-state index is 11.6. The summed E-state index contributed by atoms with van der Waals surface area (Å²) in [5, 5.41) is 27.6. The highest BCUT2D eigenvalue weighted by molar-refractivity contribution is 5.66. The summed E-state index contributed by atoms with van der Waals surface area (Å²) in [6.07, 6.45) is -0.0205.